The van der Waals surface area contributed by atoms with Gasteiger partial charge in [-0.3, -0.25) is 4.79 Å². The molecule has 0 spiro atoms. The Bertz CT molecular complexity index is 1290. The number of hydrogen-bond acceptors (Lipinski definition) is 6. The lowest BCUT2D eigenvalue weighted by Crippen LogP contribution is -2.49. The van der Waals surface area contributed by atoms with Crippen molar-refractivity contribution in [3.8, 4) is 11.4 Å². The molecule has 0 saturated carbocycles. The van der Waals surface area contributed by atoms with Crippen LogP contribution >= 0.6 is 0 Å². The molecule has 1 aliphatic heterocycles. The zero-order valence-corrected chi connectivity index (χ0v) is 19.0. The molecule has 0 bridgehead atoms. The number of carbonyl (C=O) groups is 1. The lowest BCUT2D eigenvalue weighted by Gasteiger charge is -2.36. The van der Waals surface area contributed by atoms with E-state index in [1.165, 1.54) is 42.7 Å². The van der Waals surface area contributed by atoms with Crippen LogP contribution in [0, 0.1) is 0 Å². The number of aromatic nitrogens is 2. The number of carbonyl (C=O) groups excluding carboxylic acids is 1. The van der Waals surface area contributed by atoms with Gasteiger partial charge >= 0.3 is 6.18 Å². The SMILES string of the molecule is CS(=O)(=O)c1ccc(-c2ncccn2)c(C(=O)N2CCN(c3ccc(C(F)(F)F)cc3)CC2)c1. The molecule has 1 aliphatic rings. The molecule has 11 heteroatoms. The van der Waals surface area contributed by atoms with Gasteiger partial charge in [0.15, 0.2) is 15.7 Å². The van der Waals surface area contributed by atoms with E-state index < -0.39 is 21.6 Å². The van der Waals surface area contributed by atoms with Crippen LogP contribution in [0.3, 0.4) is 0 Å². The maximum Gasteiger partial charge on any atom is 0.416 e. The molecule has 4 rings (SSSR count). The maximum atomic E-state index is 13.4. The van der Waals surface area contributed by atoms with Gasteiger partial charge < -0.3 is 9.80 Å². The van der Waals surface area contributed by atoms with Gasteiger partial charge in [-0.2, -0.15) is 13.2 Å². The third-order valence-corrected chi connectivity index (χ3v) is 6.69. The third-order valence-electron chi connectivity index (χ3n) is 5.58. The number of piperazine rings is 1. The summed E-state index contributed by atoms with van der Waals surface area (Å²) in [6.07, 6.45) is -0.268. The number of benzene rings is 2. The van der Waals surface area contributed by atoms with Crippen molar-refractivity contribution >= 4 is 21.4 Å². The highest BCUT2D eigenvalue weighted by atomic mass is 32.2. The molecule has 1 saturated heterocycles. The molecule has 0 unspecified atom stereocenters. The molecule has 0 N–H and O–H groups in total. The quantitative estimate of drug-likeness (QED) is 0.557. The van der Waals surface area contributed by atoms with Crippen LogP contribution in [0.4, 0.5) is 18.9 Å². The average Bonchev–Trinajstić information content (AvgIpc) is 2.83. The number of anilines is 1. The molecule has 0 aliphatic carbocycles. The first kappa shape index (κ1) is 23.7. The van der Waals surface area contributed by atoms with E-state index in [0.29, 0.717) is 43.3 Å². The minimum atomic E-state index is -4.40. The number of rotatable bonds is 4. The van der Waals surface area contributed by atoms with Crippen molar-refractivity contribution in [1.82, 2.24) is 14.9 Å². The number of hydrogen-bond donors (Lipinski definition) is 0. The van der Waals surface area contributed by atoms with Crippen LogP contribution in [0.25, 0.3) is 11.4 Å². The smallest absolute Gasteiger partial charge is 0.368 e. The molecular weight excluding hydrogens is 469 g/mol. The second kappa shape index (κ2) is 9.05. The summed E-state index contributed by atoms with van der Waals surface area (Å²) < 4.78 is 62.6. The fourth-order valence-corrected chi connectivity index (χ4v) is 4.41. The lowest BCUT2D eigenvalue weighted by atomic mass is 10.0. The Balaban J connectivity index is 1.56. The summed E-state index contributed by atoms with van der Waals surface area (Å²) in [4.78, 5) is 25.3. The van der Waals surface area contributed by atoms with Gasteiger partial charge in [0.05, 0.1) is 16.0 Å². The van der Waals surface area contributed by atoms with Crippen molar-refractivity contribution in [2.24, 2.45) is 0 Å². The molecule has 7 nitrogen and oxygen atoms in total. The summed E-state index contributed by atoms with van der Waals surface area (Å²) in [6, 6.07) is 10.8. The normalized spacial score (nSPS) is 14.8. The van der Waals surface area contributed by atoms with Gasteiger partial charge in [0.2, 0.25) is 0 Å². The fourth-order valence-electron chi connectivity index (χ4n) is 3.76. The van der Waals surface area contributed by atoms with Gasteiger partial charge in [0, 0.05) is 56.1 Å². The highest BCUT2D eigenvalue weighted by Gasteiger charge is 2.31. The zero-order valence-electron chi connectivity index (χ0n) is 18.2. The predicted molar refractivity (Wildman–Crippen MR) is 120 cm³/mol. The minimum Gasteiger partial charge on any atom is -0.368 e. The van der Waals surface area contributed by atoms with E-state index in [9.17, 15) is 26.4 Å². The molecule has 2 aromatic carbocycles. The van der Waals surface area contributed by atoms with Crippen molar-refractivity contribution in [2.45, 2.75) is 11.1 Å². The summed E-state index contributed by atoms with van der Waals surface area (Å²) in [7, 11) is -3.55. The van der Waals surface area contributed by atoms with Crippen LogP contribution < -0.4 is 4.90 Å². The van der Waals surface area contributed by atoms with Crippen LogP contribution in [-0.4, -0.2) is 61.6 Å². The number of nitrogens with zero attached hydrogens (tertiary/aromatic N) is 4. The summed E-state index contributed by atoms with van der Waals surface area (Å²) in [5.74, 6) is -0.0608. The van der Waals surface area contributed by atoms with Crippen LogP contribution in [0.15, 0.2) is 65.8 Å². The summed E-state index contributed by atoms with van der Waals surface area (Å²) in [5, 5.41) is 0. The van der Waals surface area contributed by atoms with E-state index in [-0.39, 0.29) is 16.4 Å². The number of alkyl halides is 3. The Labute approximate surface area is 194 Å². The molecule has 2 heterocycles. The van der Waals surface area contributed by atoms with Crippen molar-refractivity contribution in [1.29, 1.82) is 0 Å². The van der Waals surface area contributed by atoms with Gasteiger partial charge in [-0.25, -0.2) is 18.4 Å². The summed E-state index contributed by atoms with van der Waals surface area (Å²) >= 11 is 0. The molecule has 0 atom stereocenters. The molecule has 1 fully saturated rings. The highest BCUT2D eigenvalue weighted by molar-refractivity contribution is 7.90. The number of amides is 1. The van der Waals surface area contributed by atoms with E-state index in [1.54, 1.807) is 11.0 Å². The van der Waals surface area contributed by atoms with Gasteiger partial charge in [-0.1, -0.05) is 0 Å². The Hall–Kier alpha value is -3.47. The van der Waals surface area contributed by atoms with Crippen LogP contribution in [-0.2, 0) is 16.0 Å². The Morgan fingerprint density at radius 1 is 0.941 bits per heavy atom. The largest absolute Gasteiger partial charge is 0.416 e. The van der Waals surface area contributed by atoms with E-state index in [1.807, 2.05) is 4.90 Å². The maximum absolute atomic E-state index is 13.4. The second-order valence-electron chi connectivity index (χ2n) is 7.88. The predicted octanol–water partition coefficient (Wildman–Crippen LogP) is 3.53. The molecule has 0 radical (unpaired) electrons. The van der Waals surface area contributed by atoms with Crippen molar-refractivity contribution in [2.75, 3.05) is 37.3 Å². The lowest BCUT2D eigenvalue weighted by molar-refractivity contribution is -0.137. The molecule has 3 aromatic rings. The van der Waals surface area contributed by atoms with Crippen LogP contribution in [0.5, 0.6) is 0 Å². The van der Waals surface area contributed by atoms with Crippen molar-refractivity contribution < 1.29 is 26.4 Å². The summed E-state index contributed by atoms with van der Waals surface area (Å²) in [6.45, 7) is 1.47. The molecule has 34 heavy (non-hydrogen) atoms. The Kier molecular flexibility index (Phi) is 6.30. The van der Waals surface area contributed by atoms with E-state index in [0.717, 1.165) is 18.4 Å². The second-order valence-corrected chi connectivity index (χ2v) is 9.89. The van der Waals surface area contributed by atoms with Crippen molar-refractivity contribution in [3.05, 3.63) is 72.1 Å². The fraction of sp³-hybridized carbons (Fsp3) is 0.261. The highest BCUT2D eigenvalue weighted by Crippen LogP contribution is 2.31. The third kappa shape index (κ3) is 5.04. The average molecular weight is 491 g/mol. The topological polar surface area (TPSA) is 83.5 Å². The van der Waals surface area contributed by atoms with E-state index >= 15 is 0 Å². The summed E-state index contributed by atoms with van der Waals surface area (Å²) in [5.41, 5.74) is 0.518. The first-order chi connectivity index (χ1) is 16.0. The Morgan fingerprint density at radius 3 is 2.12 bits per heavy atom. The van der Waals surface area contributed by atoms with Gasteiger partial charge in [0.25, 0.3) is 5.91 Å². The number of halogens is 3. The van der Waals surface area contributed by atoms with E-state index in [4.69, 9.17) is 0 Å². The Morgan fingerprint density at radius 2 is 1.56 bits per heavy atom. The molecule has 1 amide bonds. The first-order valence-corrected chi connectivity index (χ1v) is 12.3. The van der Waals surface area contributed by atoms with Crippen molar-refractivity contribution in [3.63, 3.8) is 0 Å². The van der Waals surface area contributed by atoms with Crippen LogP contribution in [0.2, 0.25) is 0 Å². The van der Waals surface area contributed by atoms with Crippen LogP contribution in [0.1, 0.15) is 15.9 Å². The number of sulfone groups is 1. The minimum absolute atomic E-state index is 0.0129. The standard InChI is InChI=1S/C23H21F3N4O3S/c1-34(32,33)18-7-8-19(21-27-9-2-10-28-21)20(15-18)22(31)30-13-11-29(12-14-30)17-5-3-16(4-6-17)23(24,25)26/h2-10,15H,11-14H2,1H3. The molecule has 1 aromatic heterocycles. The van der Waals surface area contributed by atoms with Gasteiger partial charge in [-0.15, -0.1) is 0 Å². The first-order valence-electron chi connectivity index (χ1n) is 10.4. The zero-order chi connectivity index (χ0) is 24.5. The van der Waals surface area contributed by atoms with Gasteiger partial charge in [0.1, 0.15) is 0 Å². The van der Waals surface area contributed by atoms with Gasteiger partial charge in [-0.05, 0) is 48.5 Å². The molecular formula is C23H21F3N4O3S. The van der Waals surface area contributed by atoms with E-state index in [2.05, 4.69) is 9.97 Å². The molecule has 178 valence electrons. The monoisotopic (exact) mass is 490 g/mol.